The molecule has 0 bridgehead atoms. The second-order valence-electron chi connectivity index (χ2n) is 3.96. The van der Waals surface area contributed by atoms with Crippen LogP contribution in [-0.4, -0.2) is 6.04 Å². The topological polar surface area (TPSA) is 48.4 Å². The number of furan rings is 1. The van der Waals surface area contributed by atoms with Crippen LogP contribution in [0, 0.1) is 11.6 Å². The summed E-state index contributed by atoms with van der Waals surface area (Å²) in [5, 5.41) is 0. The number of nitrogens with two attached hydrogens (primary N) is 1. The van der Waals surface area contributed by atoms with E-state index in [0.29, 0.717) is 5.76 Å². The summed E-state index contributed by atoms with van der Waals surface area (Å²) in [6, 6.07) is 6.65. The molecule has 96 valence electrons. The fourth-order valence-electron chi connectivity index (χ4n) is 1.59. The molecule has 0 aliphatic carbocycles. The van der Waals surface area contributed by atoms with Crippen LogP contribution in [0.15, 0.2) is 41.0 Å². The van der Waals surface area contributed by atoms with E-state index in [-0.39, 0.29) is 5.75 Å². The number of hydrogen-bond donors (Lipinski definition) is 1. The van der Waals surface area contributed by atoms with Gasteiger partial charge in [0.25, 0.3) is 0 Å². The first-order chi connectivity index (χ1) is 8.59. The van der Waals surface area contributed by atoms with Gasteiger partial charge in [0, 0.05) is 6.04 Å². The molecule has 2 atom stereocenters. The van der Waals surface area contributed by atoms with E-state index in [9.17, 15) is 8.78 Å². The van der Waals surface area contributed by atoms with Crippen LogP contribution in [0.3, 0.4) is 0 Å². The number of halogens is 2. The number of rotatable bonds is 4. The lowest BCUT2D eigenvalue weighted by atomic mass is 10.1. The molecule has 2 unspecified atom stereocenters. The van der Waals surface area contributed by atoms with Crippen LogP contribution < -0.4 is 10.5 Å². The van der Waals surface area contributed by atoms with Gasteiger partial charge in [0.15, 0.2) is 17.7 Å². The average molecular weight is 253 g/mol. The Labute approximate surface area is 103 Å². The molecule has 2 aromatic rings. The predicted molar refractivity (Wildman–Crippen MR) is 62.1 cm³/mol. The highest BCUT2D eigenvalue weighted by Crippen LogP contribution is 2.27. The van der Waals surface area contributed by atoms with Crippen molar-refractivity contribution >= 4 is 0 Å². The van der Waals surface area contributed by atoms with Crippen LogP contribution in [-0.2, 0) is 0 Å². The molecule has 1 aromatic carbocycles. The SMILES string of the molecule is CC(N)C(Oc1cccc(F)c1F)c1ccco1. The van der Waals surface area contributed by atoms with Gasteiger partial charge in [0.05, 0.1) is 6.26 Å². The molecule has 1 aromatic heterocycles. The predicted octanol–water partition coefficient (Wildman–Crippen LogP) is 3.03. The highest BCUT2D eigenvalue weighted by Gasteiger charge is 2.23. The Morgan fingerprint density at radius 1 is 1.22 bits per heavy atom. The highest BCUT2D eigenvalue weighted by atomic mass is 19.2. The third-order valence-electron chi connectivity index (χ3n) is 2.47. The molecule has 0 amide bonds. The molecule has 18 heavy (non-hydrogen) atoms. The third kappa shape index (κ3) is 2.51. The van der Waals surface area contributed by atoms with E-state index in [2.05, 4.69) is 0 Å². The fraction of sp³-hybridized carbons (Fsp3) is 0.231. The summed E-state index contributed by atoms with van der Waals surface area (Å²) >= 11 is 0. The van der Waals surface area contributed by atoms with Crippen LogP contribution in [0.25, 0.3) is 0 Å². The zero-order valence-electron chi connectivity index (χ0n) is 9.77. The molecule has 0 saturated heterocycles. The number of ether oxygens (including phenoxy) is 1. The Bertz CT molecular complexity index is 512. The molecule has 2 N–H and O–H groups in total. The van der Waals surface area contributed by atoms with Crippen molar-refractivity contribution in [2.45, 2.75) is 19.1 Å². The summed E-state index contributed by atoms with van der Waals surface area (Å²) in [4.78, 5) is 0. The highest BCUT2D eigenvalue weighted by molar-refractivity contribution is 5.26. The first kappa shape index (κ1) is 12.6. The van der Waals surface area contributed by atoms with Gasteiger partial charge in [-0.3, -0.25) is 0 Å². The summed E-state index contributed by atoms with van der Waals surface area (Å²) in [5.74, 6) is -1.72. The molecular formula is C13H13F2NO2. The van der Waals surface area contributed by atoms with E-state index in [1.165, 1.54) is 18.4 Å². The Hall–Kier alpha value is -1.88. The van der Waals surface area contributed by atoms with E-state index >= 15 is 0 Å². The van der Waals surface area contributed by atoms with Crippen LogP contribution in [0.5, 0.6) is 5.75 Å². The van der Waals surface area contributed by atoms with Gasteiger partial charge in [0.1, 0.15) is 5.76 Å². The van der Waals surface area contributed by atoms with E-state index < -0.39 is 23.8 Å². The van der Waals surface area contributed by atoms with Crippen LogP contribution in [0.4, 0.5) is 8.78 Å². The zero-order valence-corrected chi connectivity index (χ0v) is 9.77. The molecule has 0 aliphatic rings. The molecule has 3 nitrogen and oxygen atoms in total. The van der Waals surface area contributed by atoms with Crippen LogP contribution >= 0.6 is 0 Å². The largest absolute Gasteiger partial charge is 0.478 e. The Kier molecular flexibility index (Phi) is 3.62. The second kappa shape index (κ2) is 5.18. The van der Waals surface area contributed by atoms with Crippen molar-refractivity contribution in [2.24, 2.45) is 5.73 Å². The van der Waals surface area contributed by atoms with Gasteiger partial charge in [-0.05, 0) is 31.2 Å². The second-order valence-corrected chi connectivity index (χ2v) is 3.96. The summed E-state index contributed by atoms with van der Waals surface area (Å²) in [6.45, 7) is 1.70. The molecule has 0 radical (unpaired) electrons. The van der Waals surface area contributed by atoms with E-state index in [0.717, 1.165) is 6.07 Å². The number of benzene rings is 1. The van der Waals surface area contributed by atoms with Crippen LogP contribution in [0.2, 0.25) is 0 Å². The molecule has 1 heterocycles. The lowest BCUT2D eigenvalue weighted by Gasteiger charge is -2.20. The van der Waals surface area contributed by atoms with Crippen LogP contribution in [0.1, 0.15) is 18.8 Å². The maximum Gasteiger partial charge on any atom is 0.200 e. The van der Waals surface area contributed by atoms with Crippen molar-refractivity contribution in [3.05, 3.63) is 54.0 Å². The molecule has 0 saturated carbocycles. The molecule has 5 heteroatoms. The number of hydrogen-bond acceptors (Lipinski definition) is 3. The summed E-state index contributed by atoms with van der Waals surface area (Å²) in [5.41, 5.74) is 5.76. The fourth-order valence-corrected chi connectivity index (χ4v) is 1.59. The molecule has 0 spiro atoms. The van der Waals surface area contributed by atoms with Gasteiger partial charge in [-0.1, -0.05) is 6.07 Å². The van der Waals surface area contributed by atoms with E-state index in [1.807, 2.05) is 0 Å². The summed E-state index contributed by atoms with van der Waals surface area (Å²) < 4.78 is 37.1. The molecule has 0 fully saturated rings. The van der Waals surface area contributed by atoms with Crippen molar-refractivity contribution < 1.29 is 17.9 Å². The van der Waals surface area contributed by atoms with E-state index in [4.69, 9.17) is 14.9 Å². The maximum absolute atomic E-state index is 13.5. The van der Waals surface area contributed by atoms with Crippen molar-refractivity contribution in [1.29, 1.82) is 0 Å². The zero-order chi connectivity index (χ0) is 13.1. The van der Waals surface area contributed by atoms with Gasteiger partial charge in [-0.2, -0.15) is 4.39 Å². The lowest BCUT2D eigenvalue weighted by Crippen LogP contribution is -2.29. The normalized spacial score (nSPS) is 14.2. The Balaban J connectivity index is 2.27. The van der Waals surface area contributed by atoms with Crippen molar-refractivity contribution in [3.63, 3.8) is 0 Å². The van der Waals surface area contributed by atoms with Crippen molar-refractivity contribution in [3.8, 4) is 5.75 Å². The van der Waals surface area contributed by atoms with Gasteiger partial charge < -0.3 is 14.9 Å². The minimum atomic E-state index is -1.03. The average Bonchev–Trinajstić information content (AvgIpc) is 2.84. The third-order valence-corrected chi connectivity index (χ3v) is 2.47. The molecule has 0 aliphatic heterocycles. The van der Waals surface area contributed by atoms with E-state index in [1.54, 1.807) is 19.1 Å². The summed E-state index contributed by atoms with van der Waals surface area (Å²) in [6.07, 6.45) is 0.798. The monoisotopic (exact) mass is 253 g/mol. The smallest absolute Gasteiger partial charge is 0.200 e. The van der Waals surface area contributed by atoms with Crippen molar-refractivity contribution in [1.82, 2.24) is 0 Å². The molecular weight excluding hydrogens is 240 g/mol. The van der Waals surface area contributed by atoms with Gasteiger partial charge in [-0.15, -0.1) is 0 Å². The lowest BCUT2D eigenvalue weighted by molar-refractivity contribution is 0.145. The quantitative estimate of drug-likeness (QED) is 0.911. The first-order valence-corrected chi connectivity index (χ1v) is 5.49. The maximum atomic E-state index is 13.5. The minimum Gasteiger partial charge on any atom is -0.478 e. The first-order valence-electron chi connectivity index (χ1n) is 5.49. The minimum absolute atomic E-state index is 0.186. The standard InChI is InChI=1S/C13H13F2NO2/c1-8(16)13(11-6-3-7-17-11)18-10-5-2-4-9(14)12(10)15/h2-8,13H,16H2,1H3. The Morgan fingerprint density at radius 3 is 2.61 bits per heavy atom. The van der Waals surface area contributed by atoms with Crippen molar-refractivity contribution in [2.75, 3.05) is 0 Å². The van der Waals surface area contributed by atoms with Gasteiger partial charge >= 0.3 is 0 Å². The summed E-state index contributed by atoms with van der Waals surface area (Å²) in [7, 11) is 0. The Morgan fingerprint density at radius 2 is 2.00 bits per heavy atom. The molecule has 2 rings (SSSR count). The van der Waals surface area contributed by atoms with Gasteiger partial charge in [0.2, 0.25) is 5.82 Å². The van der Waals surface area contributed by atoms with Gasteiger partial charge in [-0.25, -0.2) is 4.39 Å².